The smallest absolute Gasteiger partial charge is 0.331 e. The number of hydrogen-bond acceptors (Lipinski definition) is 10. The van der Waals surface area contributed by atoms with E-state index in [4.69, 9.17) is 14.2 Å². The van der Waals surface area contributed by atoms with Crippen LogP contribution in [0.5, 0.6) is 11.5 Å². The van der Waals surface area contributed by atoms with Gasteiger partial charge in [-0.05, 0) is 43.5 Å². The van der Waals surface area contributed by atoms with Gasteiger partial charge in [-0.25, -0.2) is 4.79 Å². The number of aromatic hydroxyl groups is 1. The second-order valence-corrected chi connectivity index (χ2v) is 11.0. The minimum atomic E-state index is -1.09. The maximum absolute atomic E-state index is 14.4. The molecule has 10 heteroatoms. The topological polar surface area (TPSA) is 143 Å². The number of phenolic OH excluding ortho intramolecular Hbond substituents is 1. The van der Waals surface area contributed by atoms with E-state index >= 15 is 0 Å². The number of benzene rings is 2. The first kappa shape index (κ1) is 26.5. The van der Waals surface area contributed by atoms with Crippen LogP contribution in [0.15, 0.2) is 36.0 Å². The van der Waals surface area contributed by atoms with Crippen molar-refractivity contribution in [1.82, 2.24) is 4.90 Å². The van der Waals surface area contributed by atoms with Crippen molar-refractivity contribution in [3.05, 3.63) is 63.8 Å². The SMILES string of the molecule is CC[C@H](C)C1C(=O)OC2c3cc(C)cc(O)c3C3=C(C(=O)c4c(O[C@H]5C[C@H](O)[C@@H](O)C(C)O5)cccc4C3=O)N21. The Morgan fingerprint density at radius 1 is 1.12 bits per heavy atom. The van der Waals surface area contributed by atoms with Gasteiger partial charge < -0.3 is 34.4 Å². The number of phenols is 1. The second-order valence-electron chi connectivity index (χ2n) is 11.0. The molecule has 0 bridgehead atoms. The Labute approximate surface area is 230 Å². The minimum Gasteiger partial charge on any atom is -0.507 e. The van der Waals surface area contributed by atoms with Crippen LogP contribution in [0.2, 0.25) is 0 Å². The number of carbonyl (C=O) groups is 3. The summed E-state index contributed by atoms with van der Waals surface area (Å²) in [7, 11) is 0. The lowest BCUT2D eigenvalue weighted by atomic mass is 9.77. The van der Waals surface area contributed by atoms with Crippen LogP contribution in [0, 0.1) is 12.8 Å². The van der Waals surface area contributed by atoms with Gasteiger partial charge in [-0.1, -0.05) is 32.4 Å². The molecule has 7 atom stereocenters. The molecule has 40 heavy (non-hydrogen) atoms. The number of aryl methyl sites for hydroxylation is 1. The van der Waals surface area contributed by atoms with Crippen LogP contribution in [-0.2, 0) is 14.3 Å². The molecule has 2 aromatic rings. The van der Waals surface area contributed by atoms with E-state index in [2.05, 4.69) is 0 Å². The van der Waals surface area contributed by atoms with E-state index in [1.165, 1.54) is 18.2 Å². The lowest BCUT2D eigenvalue weighted by Crippen LogP contribution is -2.48. The first-order valence-electron chi connectivity index (χ1n) is 13.5. The van der Waals surface area contributed by atoms with Crippen molar-refractivity contribution in [3.8, 4) is 11.5 Å². The van der Waals surface area contributed by atoms with Crippen LogP contribution in [0.1, 0.15) is 77.2 Å². The van der Waals surface area contributed by atoms with Crippen molar-refractivity contribution in [2.24, 2.45) is 5.92 Å². The fourth-order valence-corrected chi connectivity index (χ4v) is 6.20. The Balaban J connectivity index is 1.52. The number of ketones is 2. The summed E-state index contributed by atoms with van der Waals surface area (Å²) in [4.78, 5) is 43.4. The number of aliphatic hydroxyl groups excluding tert-OH is 2. The number of fused-ring (bicyclic) bond motifs is 6. The largest absolute Gasteiger partial charge is 0.507 e. The summed E-state index contributed by atoms with van der Waals surface area (Å²) in [5.41, 5.74) is 1.42. The molecular formula is C30H31NO9. The molecule has 2 aromatic carbocycles. The first-order chi connectivity index (χ1) is 19.0. The van der Waals surface area contributed by atoms with Crippen LogP contribution in [0.25, 0.3) is 5.57 Å². The molecule has 0 aromatic heterocycles. The standard InChI is InChI=1S/C30H31NO9/c1-5-13(3)24-30(37)40-29-16-9-12(2)10-17(32)21(16)23-25(31(24)29)28(36)22-15(27(23)35)7-6-8-19(22)39-20-11-18(33)26(34)14(4)38-20/h6-10,13-14,18,20,24,26,29,32-34H,5,11H2,1-4H3/t13-,14?,18-,20-,24?,26-,29?/m0/s1. The van der Waals surface area contributed by atoms with Gasteiger partial charge >= 0.3 is 5.97 Å². The lowest BCUT2D eigenvalue weighted by molar-refractivity contribution is -0.216. The lowest BCUT2D eigenvalue weighted by Gasteiger charge is -2.40. The summed E-state index contributed by atoms with van der Waals surface area (Å²) < 4.78 is 17.5. The Kier molecular flexibility index (Phi) is 6.25. The average Bonchev–Trinajstić information content (AvgIpc) is 3.26. The molecule has 3 aliphatic heterocycles. The van der Waals surface area contributed by atoms with Crippen LogP contribution in [0.4, 0.5) is 0 Å². The summed E-state index contributed by atoms with van der Waals surface area (Å²) in [6.45, 7) is 7.20. The number of rotatable bonds is 4. The van der Waals surface area contributed by atoms with Gasteiger partial charge in [0, 0.05) is 23.1 Å². The van der Waals surface area contributed by atoms with Crippen molar-refractivity contribution in [2.75, 3.05) is 0 Å². The van der Waals surface area contributed by atoms with Crippen LogP contribution in [0.3, 0.4) is 0 Å². The molecule has 0 saturated carbocycles. The van der Waals surface area contributed by atoms with Crippen LogP contribution in [-0.4, -0.2) is 68.4 Å². The molecule has 3 heterocycles. The highest BCUT2D eigenvalue weighted by Gasteiger charge is 2.55. The minimum absolute atomic E-state index is 0.000771. The molecule has 0 amide bonds. The third kappa shape index (κ3) is 3.77. The zero-order valence-electron chi connectivity index (χ0n) is 22.6. The molecule has 2 fully saturated rings. The monoisotopic (exact) mass is 549 g/mol. The number of aliphatic hydroxyl groups is 2. The van der Waals surface area contributed by atoms with Gasteiger partial charge in [0.2, 0.25) is 18.3 Å². The Morgan fingerprint density at radius 2 is 1.88 bits per heavy atom. The molecule has 3 N–H and O–H groups in total. The highest BCUT2D eigenvalue weighted by Crippen LogP contribution is 2.53. The molecule has 2 saturated heterocycles. The summed E-state index contributed by atoms with van der Waals surface area (Å²) in [6, 6.07) is 7.08. The number of hydrogen-bond donors (Lipinski definition) is 3. The van der Waals surface area contributed by atoms with E-state index in [1.807, 2.05) is 13.8 Å². The van der Waals surface area contributed by atoms with Gasteiger partial charge in [0.25, 0.3) is 0 Å². The Bertz CT molecular complexity index is 1470. The molecule has 0 spiro atoms. The van der Waals surface area contributed by atoms with Crippen molar-refractivity contribution in [2.45, 2.75) is 77.4 Å². The molecule has 210 valence electrons. The maximum atomic E-state index is 14.4. The van der Waals surface area contributed by atoms with E-state index in [-0.39, 0.29) is 51.8 Å². The Hall–Kier alpha value is -3.73. The molecule has 3 unspecified atom stereocenters. The molecule has 4 aliphatic rings. The molecule has 1 aliphatic carbocycles. The molecular weight excluding hydrogens is 518 g/mol. The molecule has 10 nitrogen and oxygen atoms in total. The summed E-state index contributed by atoms with van der Waals surface area (Å²) in [5, 5.41) is 31.3. The van der Waals surface area contributed by atoms with Gasteiger partial charge in [-0.3, -0.25) is 9.59 Å². The van der Waals surface area contributed by atoms with Crippen molar-refractivity contribution in [3.63, 3.8) is 0 Å². The van der Waals surface area contributed by atoms with Crippen molar-refractivity contribution >= 4 is 23.1 Å². The number of esters is 1. The second kappa shape index (κ2) is 9.43. The van der Waals surface area contributed by atoms with Gasteiger partial charge in [-0.15, -0.1) is 0 Å². The van der Waals surface area contributed by atoms with E-state index in [0.29, 0.717) is 17.5 Å². The fraction of sp³-hybridized carbons (Fsp3) is 0.433. The fourth-order valence-electron chi connectivity index (χ4n) is 6.20. The van der Waals surface area contributed by atoms with Crippen molar-refractivity contribution in [1.29, 1.82) is 0 Å². The van der Waals surface area contributed by atoms with Gasteiger partial charge in [0.1, 0.15) is 29.3 Å². The summed E-state index contributed by atoms with van der Waals surface area (Å²) >= 11 is 0. The van der Waals surface area contributed by atoms with Crippen molar-refractivity contribution < 1.29 is 43.9 Å². The normalized spacial score (nSPS) is 29.9. The quantitative estimate of drug-likeness (QED) is 0.487. The predicted octanol–water partition coefficient (Wildman–Crippen LogP) is 3.01. The number of nitrogens with zero attached hydrogens (tertiary/aromatic N) is 1. The van der Waals surface area contributed by atoms with Crippen LogP contribution < -0.4 is 4.74 Å². The maximum Gasteiger partial charge on any atom is 0.331 e. The Morgan fingerprint density at radius 3 is 2.58 bits per heavy atom. The van der Waals surface area contributed by atoms with Gasteiger partial charge in [0.05, 0.1) is 23.3 Å². The van der Waals surface area contributed by atoms with Gasteiger partial charge in [0.15, 0.2) is 5.78 Å². The first-order valence-corrected chi connectivity index (χ1v) is 13.5. The van der Waals surface area contributed by atoms with E-state index in [0.717, 1.165) is 0 Å². The number of carbonyl (C=O) groups excluding carboxylic acids is 3. The third-order valence-corrected chi connectivity index (χ3v) is 8.38. The van der Waals surface area contributed by atoms with E-state index < -0.39 is 54.4 Å². The average molecular weight is 550 g/mol. The number of allylic oxidation sites excluding steroid dienone is 2. The zero-order chi connectivity index (χ0) is 28.6. The predicted molar refractivity (Wildman–Crippen MR) is 140 cm³/mol. The highest BCUT2D eigenvalue weighted by atomic mass is 16.7. The van der Waals surface area contributed by atoms with Crippen LogP contribution >= 0.6 is 0 Å². The van der Waals surface area contributed by atoms with Gasteiger partial charge in [-0.2, -0.15) is 0 Å². The summed E-state index contributed by atoms with van der Waals surface area (Å²) in [5.74, 6) is -1.86. The van der Waals surface area contributed by atoms with E-state index in [9.17, 15) is 29.7 Å². The van der Waals surface area contributed by atoms with E-state index in [1.54, 1.807) is 30.9 Å². The summed E-state index contributed by atoms with van der Waals surface area (Å²) in [6.07, 6.45) is -4.28. The third-order valence-electron chi connectivity index (χ3n) is 8.38. The highest BCUT2D eigenvalue weighted by molar-refractivity contribution is 6.41. The number of ether oxygens (including phenoxy) is 3. The molecule has 6 rings (SSSR count). The zero-order valence-corrected chi connectivity index (χ0v) is 22.6. The number of Topliss-reactive ketones (excluding diaryl/α,β-unsaturated/α-hetero) is 2. The molecule has 0 radical (unpaired) electrons.